The lowest BCUT2D eigenvalue weighted by Gasteiger charge is -2.07. The fourth-order valence-electron chi connectivity index (χ4n) is 2.18. The number of carbonyl (C=O) groups excluding carboxylic acids is 1. The molecule has 8 nitrogen and oxygen atoms in total. The zero-order valence-electron chi connectivity index (χ0n) is 15.2. The molecule has 0 saturated heterocycles. The summed E-state index contributed by atoms with van der Waals surface area (Å²) in [6, 6.07) is 6.38. The van der Waals surface area contributed by atoms with Crippen molar-refractivity contribution in [3.8, 4) is 0 Å². The minimum Gasteiger partial charge on any atom is -0.356 e. The minimum absolute atomic E-state index is 0.0298. The van der Waals surface area contributed by atoms with E-state index in [1.807, 2.05) is 13.8 Å². The lowest BCUT2D eigenvalue weighted by Crippen LogP contribution is -2.31. The Morgan fingerprint density at radius 2 is 2.07 bits per heavy atom. The first-order valence-corrected chi connectivity index (χ1v) is 10.9. The van der Waals surface area contributed by atoms with Gasteiger partial charge in [-0.2, -0.15) is 4.98 Å². The molecule has 0 fully saturated rings. The third-order valence-corrected chi connectivity index (χ3v) is 5.59. The van der Waals surface area contributed by atoms with E-state index >= 15 is 0 Å². The Morgan fingerprint density at radius 1 is 1.30 bits per heavy atom. The van der Waals surface area contributed by atoms with Gasteiger partial charge in [0.25, 0.3) is 0 Å². The van der Waals surface area contributed by atoms with Gasteiger partial charge in [0.1, 0.15) is 0 Å². The highest BCUT2D eigenvalue weighted by Crippen LogP contribution is 2.15. The van der Waals surface area contributed by atoms with Gasteiger partial charge in [0.15, 0.2) is 5.82 Å². The lowest BCUT2D eigenvalue weighted by molar-refractivity contribution is -0.120. The first-order chi connectivity index (χ1) is 12.8. The maximum absolute atomic E-state index is 12.1. The summed E-state index contributed by atoms with van der Waals surface area (Å²) in [5.74, 6) is 1.21. The highest BCUT2D eigenvalue weighted by atomic mass is 79.9. The van der Waals surface area contributed by atoms with Crippen molar-refractivity contribution in [3.63, 3.8) is 0 Å². The van der Waals surface area contributed by atoms with E-state index in [9.17, 15) is 13.2 Å². The van der Waals surface area contributed by atoms with E-state index in [-0.39, 0.29) is 29.7 Å². The molecule has 2 N–H and O–H groups in total. The first-order valence-electron chi connectivity index (χ1n) is 8.62. The quantitative estimate of drug-likeness (QED) is 0.528. The average Bonchev–Trinajstić information content (AvgIpc) is 3.08. The van der Waals surface area contributed by atoms with Crippen molar-refractivity contribution in [1.29, 1.82) is 0 Å². The number of nitrogens with zero attached hydrogens (tertiary/aromatic N) is 2. The van der Waals surface area contributed by atoms with Gasteiger partial charge in [0.05, 0.1) is 4.90 Å². The highest BCUT2D eigenvalue weighted by molar-refractivity contribution is 9.10. The molecule has 0 aliphatic heterocycles. The summed E-state index contributed by atoms with van der Waals surface area (Å²) < 4.78 is 32.5. The van der Waals surface area contributed by atoms with Gasteiger partial charge in [-0.15, -0.1) is 0 Å². The van der Waals surface area contributed by atoms with E-state index in [0.29, 0.717) is 35.6 Å². The standard InChI is InChI=1S/C17H23BrN4O4S/c1-12(2)17-21-16(26-22-17)7-4-9-19-15(23)8-10-20-27(24,25)14-6-3-5-13(18)11-14/h3,5-6,11-12,20H,4,7-10H2,1-2H3,(H,19,23). The number of aryl methyl sites for hydroxylation is 1. The van der Waals surface area contributed by atoms with Crippen molar-refractivity contribution < 1.29 is 17.7 Å². The minimum atomic E-state index is -3.63. The third kappa shape index (κ3) is 7.04. The number of halogens is 1. The van der Waals surface area contributed by atoms with Crippen LogP contribution in [-0.4, -0.2) is 37.6 Å². The molecule has 10 heteroatoms. The second-order valence-corrected chi connectivity index (χ2v) is 8.94. The Bertz CT molecular complexity index is 867. The Hall–Kier alpha value is -1.78. The summed E-state index contributed by atoms with van der Waals surface area (Å²) in [5, 5.41) is 6.63. The second kappa shape index (κ2) is 9.95. The van der Waals surface area contributed by atoms with Gasteiger partial charge in [-0.1, -0.05) is 41.0 Å². The van der Waals surface area contributed by atoms with Crippen molar-refractivity contribution in [3.05, 3.63) is 40.5 Å². The Labute approximate surface area is 167 Å². The Balaban J connectivity index is 1.66. The van der Waals surface area contributed by atoms with E-state index in [0.717, 1.165) is 0 Å². The summed E-state index contributed by atoms with van der Waals surface area (Å²) in [4.78, 5) is 16.2. The molecule has 0 unspecified atom stereocenters. The topological polar surface area (TPSA) is 114 Å². The molecule has 2 rings (SSSR count). The van der Waals surface area contributed by atoms with Crippen molar-refractivity contribution in [2.45, 2.75) is 43.9 Å². The van der Waals surface area contributed by atoms with Crippen LogP contribution in [0.3, 0.4) is 0 Å². The van der Waals surface area contributed by atoms with E-state index in [4.69, 9.17) is 4.52 Å². The normalized spacial score (nSPS) is 11.7. The number of aromatic nitrogens is 2. The highest BCUT2D eigenvalue weighted by Gasteiger charge is 2.14. The maximum Gasteiger partial charge on any atom is 0.240 e. The summed E-state index contributed by atoms with van der Waals surface area (Å²) in [6.07, 6.45) is 1.30. The molecule has 27 heavy (non-hydrogen) atoms. The molecule has 0 bridgehead atoms. The Morgan fingerprint density at radius 3 is 2.74 bits per heavy atom. The van der Waals surface area contributed by atoms with Crippen LogP contribution in [0.2, 0.25) is 0 Å². The lowest BCUT2D eigenvalue weighted by atomic mass is 10.2. The van der Waals surface area contributed by atoms with Crippen LogP contribution in [0, 0.1) is 0 Å². The van der Waals surface area contributed by atoms with Crippen LogP contribution < -0.4 is 10.0 Å². The summed E-state index contributed by atoms with van der Waals surface area (Å²) in [6.45, 7) is 4.46. The predicted molar refractivity (Wildman–Crippen MR) is 104 cm³/mol. The van der Waals surface area contributed by atoms with Crippen LogP contribution in [-0.2, 0) is 21.2 Å². The van der Waals surface area contributed by atoms with Gasteiger partial charge in [-0.3, -0.25) is 4.79 Å². The molecular formula is C17H23BrN4O4S. The number of carbonyl (C=O) groups is 1. The van der Waals surface area contributed by atoms with Crippen molar-refractivity contribution in [2.24, 2.45) is 0 Å². The molecule has 0 radical (unpaired) electrons. The van der Waals surface area contributed by atoms with Gasteiger partial charge >= 0.3 is 0 Å². The van der Waals surface area contributed by atoms with Crippen LogP contribution in [0.1, 0.15) is 44.3 Å². The molecule has 1 aromatic heterocycles. The molecule has 0 aliphatic carbocycles. The molecule has 148 valence electrons. The van der Waals surface area contributed by atoms with Gasteiger partial charge in [0, 0.05) is 36.3 Å². The van der Waals surface area contributed by atoms with E-state index in [1.54, 1.807) is 12.1 Å². The monoisotopic (exact) mass is 458 g/mol. The van der Waals surface area contributed by atoms with Crippen molar-refractivity contribution in [1.82, 2.24) is 20.2 Å². The predicted octanol–water partition coefficient (Wildman–Crippen LogP) is 2.37. The van der Waals surface area contributed by atoms with Crippen LogP contribution in [0.25, 0.3) is 0 Å². The van der Waals surface area contributed by atoms with Crippen LogP contribution in [0.5, 0.6) is 0 Å². The fourth-order valence-corrected chi connectivity index (χ4v) is 3.80. The van der Waals surface area contributed by atoms with Crippen molar-refractivity contribution >= 4 is 31.9 Å². The maximum atomic E-state index is 12.1. The van der Waals surface area contributed by atoms with Crippen LogP contribution in [0.4, 0.5) is 0 Å². The smallest absolute Gasteiger partial charge is 0.240 e. The zero-order chi connectivity index (χ0) is 19.9. The second-order valence-electron chi connectivity index (χ2n) is 6.26. The van der Waals surface area contributed by atoms with Gasteiger partial charge in [-0.25, -0.2) is 13.1 Å². The van der Waals surface area contributed by atoms with Crippen LogP contribution in [0.15, 0.2) is 38.2 Å². The molecule has 1 amide bonds. The van der Waals surface area contributed by atoms with Gasteiger partial charge in [-0.05, 0) is 24.6 Å². The number of benzene rings is 1. The van der Waals surface area contributed by atoms with Gasteiger partial charge < -0.3 is 9.84 Å². The molecule has 0 aliphatic rings. The molecule has 1 aromatic carbocycles. The third-order valence-electron chi connectivity index (χ3n) is 3.64. The first kappa shape index (κ1) is 21.5. The number of hydrogen-bond acceptors (Lipinski definition) is 6. The number of hydrogen-bond donors (Lipinski definition) is 2. The average molecular weight is 459 g/mol. The molecule has 0 spiro atoms. The van der Waals surface area contributed by atoms with Gasteiger partial charge in [0.2, 0.25) is 21.8 Å². The molecule has 2 aromatic rings. The van der Waals surface area contributed by atoms with E-state index < -0.39 is 10.0 Å². The summed E-state index contributed by atoms with van der Waals surface area (Å²) in [7, 11) is -3.63. The number of nitrogens with one attached hydrogen (secondary N) is 2. The zero-order valence-corrected chi connectivity index (χ0v) is 17.6. The number of sulfonamides is 1. The van der Waals surface area contributed by atoms with E-state index in [2.05, 4.69) is 36.1 Å². The SMILES string of the molecule is CC(C)c1noc(CCCNC(=O)CCNS(=O)(=O)c2cccc(Br)c2)n1. The summed E-state index contributed by atoms with van der Waals surface area (Å²) >= 11 is 3.23. The molecule has 1 heterocycles. The van der Waals surface area contributed by atoms with E-state index in [1.165, 1.54) is 12.1 Å². The Kier molecular flexibility index (Phi) is 7.93. The molecule has 0 atom stereocenters. The summed E-state index contributed by atoms with van der Waals surface area (Å²) in [5.41, 5.74) is 0. The largest absolute Gasteiger partial charge is 0.356 e. The molecular weight excluding hydrogens is 436 g/mol. The van der Waals surface area contributed by atoms with Crippen LogP contribution >= 0.6 is 15.9 Å². The van der Waals surface area contributed by atoms with Crippen molar-refractivity contribution in [2.75, 3.05) is 13.1 Å². The number of amides is 1. The molecule has 0 saturated carbocycles. The fraction of sp³-hybridized carbons (Fsp3) is 0.471. The number of rotatable bonds is 10.